The number of thioether (sulfide) groups is 1. The molecule has 1 unspecified atom stereocenters. The van der Waals surface area contributed by atoms with E-state index in [4.69, 9.17) is 0 Å². The molecule has 0 aliphatic carbocycles. The number of nitrogens with one attached hydrogen (secondary N) is 1. The molecule has 0 aromatic carbocycles. The molecular formula is C11H24N2S. The van der Waals surface area contributed by atoms with Gasteiger partial charge in [-0.3, -0.25) is 4.90 Å². The smallest absolute Gasteiger partial charge is 0.0195 e. The Morgan fingerprint density at radius 2 is 2.29 bits per heavy atom. The van der Waals surface area contributed by atoms with E-state index in [-0.39, 0.29) is 0 Å². The first kappa shape index (κ1) is 12.3. The first-order valence-corrected chi connectivity index (χ1v) is 7.05. The van der Waals surface area contributed by atoms with Gasteiger partial charge in [-0.15, -0.1) is 0 Å². The predicted molar refractivity (Wildman–Crippen MR) is 66.1 cm³/mol. The normalized spacial score (nSPS) is 24.0. The van der Waals surface area contributed by atoms with E-state index in [9.17, 15) is 0 Å². The average Bonchev–Trinajstić information content (AvgIpc) is 2.19. The summed E-state index contributed by atoms with van der Waals surface area (Å²) in [5.74, 6) is 2.56. The van der Waals surface area contributed by atoms with Gasteiger partial charge in [0.2, 0.25) is 0 Å². The van der Waals surface area contributed by atoms with Crippen LogP contribution in [0.15, 0.2) is 0 Å². The molecule has 0 bridgehead atoms. The second-order valence-corrected chi connectivity index (χ2v) is 5.33. The second-order valence-electron chi connectivity index (χ2n) is 3.94. The van der Waals surface area contributed by atoms with Crippen LogP contribution in [0, 0.1) is 0 Å². The molecule has 0 radical (unpaired) electrons. The fourth-order valence-corrected chi connectivity index (χ4v) is 2.65. The van der Waals surface area contributed by atoms with Crippen molar-refractivity contribution in [2.75, 3.05) is 37.7 Å². The van der Waals surface area contributed by atoms with E-state index in [1.54, 1.807) is 0 Å². The van der Waals surface area contributed by atoms with Gasteiger partial charge in [0.15, 0.2) is 0 Å². The van der Waals surface area contributed by atoms with Crippen molar-refractivity contribution in [3.05, 3.63) is 0 Å². The molecule has 14 heavy (non-hydrogen) atoms. The molecule has 0 aromatic heterocycles. The van der Waals surface area contributed by atoms with Crippen LogP contribution in [0.1, 0.15) is 26.7 Å². The molecule has 1 atom stereocenters. The van der Waals surface area contributed by atoms with E-state index in [2.05, 4.69) is 35.8 Å². The van der Waals surface area contributed by atoms with E-state index in [0.29, 0.717) is 0 Å². The molecule has 3 heteroatoms. The maximum absolute atomic E-state index is 3.59. The van der Waals surface area contributed by atoms with Gasteiger partial charge in [0.25, 0.3) is 0 Å². The van der Waals surface area contributed by atoms with Crippen LogP contribution in [0.3, 0.4) is 0 Å². The number of nitrogens with zero attached hydrogens (tertiary/aromatic N) is 1. The Morgan fingerprint density at radius 1 is 1.43 bits per heavy atom. The van der Waals surface area contributed by atoms with Crippen molar-refractivity contribution in [1.29, 1.82) is 0 Å². The number of hydrogen-bond acceptors (Lipinski definition) is 3. The SMILES string of the molecule is CCCC1CN(CCSCC)CCN1. The van der Waals surface area contributed by atoms with Gasteiger partial charge in [0, 0.05) is 38.0 Å². The maximum atomic E-state index is 3.59. The number of rotatable bonds is 6. The Balaban J connectivity index is 2.12. The Bertz CT molecular complexity index is 139. The molecule has 0 aromatic rings. The molecule has 1 rings (SSSR count). The van der Waals surface area contributed by atoms with Gasteiger partial charge in [-0.05, 0) is 12.2 Å². The van der Waals surface area contributed by atoms with E-state index in [1.165, 1.54) is 50.5 Å². The van der Waals surface area contributed by atoms with E-state index in [0.717, 1.165) is 6.04 Å². The lowest BCUT2D eigenvalue weighted by Gasteiger charge is -2.33. The van der Waals surface area contributed by atoms with Gasteiger partial charge in [-0.2, -0.15) is 11.8 Å². The van der Waals surface area contributed by atoms with Crippen molar-refractivity contribution in [1.82, 2.24) is 10.2 Å². The zero-order valence-electron chi connectivity index (χ0n) is 9.59. The molecule has 1 aliphatic rings. The lowest BCUT2D eigenvalue weighted by atomic mass is 10.1. The molecule has 2 nitrogen and oxygen atoms in total. The minimum Gasteiger partial charge on any atom is -0.311 e. The summed E-state index contributed by atoms with van der Waals surface area (Å²) in [6.45, 7) is 9.47. The van der Waals surface area contributed by atoms with Crippen LogP contribution < -0.4 is 5.32 Å². The lowest BCUT2D eigenvalue weighted by molar-refractivity contribution is 0.204. The summed E-state index contributed by atoms with van der Waals surface area (Å²) in [5, 5.41) is 3.59. The summed E-state index contributed by atoms with van der Waals surface area (Å²) >= 11 is 2.05. The van der Waals surface area contributed by atoms with Crippen LogP contribution in [-0.2, 0) is 0 Å². The Hall–Kier alpha value is 0.270. The molecule has 1 aliphatic heterocycles. The fourth-order valence-electron chi connectivity index (χ4n) is 1.98. The third-order valence-corrected chi connectivity index (χ3v) is 3.61. The van der Waals surface area contributed by atoms with Gasteiger partial charge < -0.3 is 5.32 Å². The number of hydrogen-bond donors (Lipinski definition) is 1. The molecule has 0 saturated carbocycles. The van der Waals surface area contributed by atoms with Gasteiger partial charge in [0.1, 0.15) is 0 Å². The van der Waals surface area contributed by atoms with Crippen molar-refractivity contribution in [2.45, 2.75) is 32.7 Å². The molecule has 1 heterocycles. The Morgan fingerprint density at radius 3 is 3.00 bits per heavy atom. The third kappa shape index (κ3) is 4.67. The van der Waals surface area contributed by atoms with E-state index in [1.807, 2.05) is 0 Å². The van der Waals surface area contributed by atoms with Gasteiger partial charge in [0.05, 0.1) is 0 Å². The van der Waals surface area contributed by atoms with Crippen molar-refractivity contribution < 1.29 is 0 Å². The summed E-state index contributed by atoms with van der Waals surface area (Å²) in [7, 11) is 0. The fraction of sp³-hybridized carbons (Fsp3) is 1.00. The molecule has 0 spiro atoms. The predicted octanol–water partition coefficient (Wildman–Crippen LogP) is 1.81. The largest absolute Gasteiger partial charge is 0.311 e. The zero-order chi connectivity index (χ0) is 10.2. The highest BCUT2D eigenvalue weighted by atomic mass is 32.2. The topological polar surface area (TPSA) is 15.3 Å². The highest BCUT2D eigenvalue weighted by Crippen LogP contribution is 2.06. The summed E-state index contributed by atoms with van der Waals surface area (Å²) in [6.07, 6.45) is 2.63. The van der Waals surface area contributed by atoms with Gasteiger partial charge >= 0.3 is 0 Å². The maximum Gasteiger partial charge on any atom is 0.0195 e. The molecule has 1 saturated heterocycles. The van der Waals surface area contributed by atoms with Crippen LogP contribution >= 0.6 is 11.8 Å². The molecule has 0 amide bonds. The summed E-state index contributed by atoms with van der Waals surface area (Å²) < 4.78 is 0. The Labute approximate surface area is 92.8 Å². The van der Waals surface area contributed by atoms with Crippen molar-refractivity contribution in [3.63, 3.8) is 0 Å². The quantitative estimate of drug-likeness (QED) is 0.682. The first-order valence-electron chi connectivity index (χ1n) is 5.90. The molecule has 1 N–H and O–H groups in total. The summed E-state index contributed by atoms with van der Waals surface area (Å²) in [5.41, 5.74) is 0. The molecule has 84 valence electrons. The molecule has 1 fully saturated rings. The van der Waals surface area contributed by atoms with E-state index >= 15 is 0 Å². The number of piperazine rings is 1. The van der Waals surface area contributed by atoms with Crippen LogP contribution in [0.4, 0.5) is 0 Å². The van der Waals surface area contributed by atoms with Crippen molar-refractivity contribution in [2.24, 2.45) is 0 Å². The first-order chi connectivity index (χ1) is 6.86. The van der Waals surface area contributed by atoms with E-state index < -0.39 is 0 Å². The summed E-state index contributed by atoms with van der Waals surface area (Å²) in [6, 6.07) is 0.750. The minimum absolute atomic E-state index is 0.750. The standard InChI is InChI=1S/C11H24N2S/c1-3-5-11-10-13(7-6-12-11)8-9-14-4-2/h11-12H,3-10H2,1-2H3. The van der Waals surface area contributed by atoms with Crippen molar-refractivity contribution in [3.8, 4) is 0 Å². The van der Waals surface area contributed by atoms with Crippen LogP contribution in [0.5, 0.6) is 0 Å². The van der Waals surface area contributed by atoms with Crippen molar-refractivity contribution >= 4 is 11.8 Å². The van der Waals surface area contributed by atoms with Crippen LogP contribution in [0.25, 0.3) is 0 Å². The van der Waals surface area contributed by atoms with Gasteiger partial charge in [-0.1, -0.05) is 20.3 Å². The zero-order valence-corrected chi connectivity index (χ0v) is 10.4. The monoisotopic (exact) mass is 216 g/mol. The average molecular weight is 216 g/mol. The highest BCUT2D eigenvalue weighted by molar-refractivity contribution is 7.99. The summed E-state index contributed by atoms with van der Waals surface area (Å²) in [4.78, 5) is 2.61. The van der Waals surface area contributed by atoms with Crippen LogP contribution in [0.2, 0.25) is 0 Å². The highest BCUT2D eigenvalue weighted by Gasteiger charge is 2.17. The third-order valence-electron chi connectivity index (χ3n) is 2.73. The lowest BCUT2D eigenvalue weighted by Crippen LogP contribution is -2.51. The second kappa shape index (κ2) is 7.55. The Kier molecular flexibility index (Phi) is 6.65. The van der Waals surface area contributed by atoms with Crippen LogP contribution in [-0.4, -0.2) is 48.6 Å². The minimum atomic E-state index is 0.750. The van der Waals surface area contributed by atoms with Gasteiger partial charge in [-0.25, -0.2) is 0 Å². The molecular weight excluding hydrogens is 192 g/mol.